The van der Waals surface area contributed by atoms with Crippen molar-refractivity contribution in [2.75, 3.05) is 0 Å². The zero-order chi connectivity index (χ0) is 8.43. The summed E-state index contributed by atoms with van der Waals surface area (Å²) in [5.74, 6) is -0.378. The summed E-state index contributed by atoms with van der Waals surface area (Å²) in [6.07, 6.45) is -0.933. The van der Waals surface area contributed by atoms with E-state index in [0.717, 1.165) is 0 Å². The molecule has 0 amide bonds. The number of hydrogen-bond acceptors (Lipinski definition) is 4. The maximum atomic E-state index is 10.4. The molecular weight excluding hydrogens is 148 g/mol. The number of esters is 1. The van der Waals surface area contributed by atoms with E-state index < -0.39 is 12.4 Å². The quantitative estimate of drug-likeness (QED) is 0.550. The molecule has 0 aromatic heterocycles. The molecule has 4 heteroatoms. The van der Waals surface area contributed by atoms with Crippen molar-refractivity contribution >= 4 is 5.97 Å². The van der Waals surface area contributed by atoms with E-state index in [1.54, 1.807) is 6.92 Å². The lowest BCUT2D eigenvalue weighted by Crippen LogP contribution is -2.16. The number of rotatable bonds is 1. The Bertz CT molecular complexity index is 147. The van der Waals surface area contributed by atoms with Crippen molar-refractivity contribution in [1.29, 1.82) is 0 Å². The Kier molecular flexibility index (Phi) is 2.46. The van der Waals surface area contributed by atoms with Crippen LogP contribution >= 0.6 is 0 Å². The highest BCUT2D eigenvalue weighted by Gasteiger charge is 2.32. The van der Waals surface area contributed by atoms with Gasteiger partial charge in [-0.05, 0) is 6.92 Å². The molecule has 0 saturated carbocycles. The number of aliphatic hydroxyl groups is 1. The monoisotopic (exact) mass is 160 g/mol. The van der Waals surface area contributed by atoms with Gasteiger partial charge in [0.15, 0.2) is 0 Å². The molecule has 0 spiro atoms. The van der Waals surface area contributed by atoms with Crippen LogP contribution in [-0.4, -0.2) is 29.6 Å². The third kappa shape index (κ3) is 2.17. The number of carbonyl (C=O) groups excluding carboxylic acids is 1. The van der Waals surface area contributed by atoms with Crippen molar-refractivity contribution in [1.82, 2.24) is 0 Å². The third-order valence-electron chi connectivity index (χ3n) is 1.64. The molecule has 3 unspecified atom stereocenters. The van der Waals surface area contributed by atoms with Crippen LogP contribution in [-0.2, 0) is 14.3 Å². The van der Waals surface area contributed by atoms with Gasteiger partial charge < -0.3 is 14.6 Å². The molecule has 0 aromatic carbocycles. The van der Waals surface area contributed by atoms with Crippen molar-refractivity contribution in [2.24, 2.45) is 0 Å². The SMILES string of the molecule is CC(=O)OC1CC(O)C(C)O1. The van der Waals surface area contributed by atoms with Crippen LogP contribution in [0.3, 0.4) is 0 Å². The van der Waals surface area contributed by atoms with E-state index in [9.17, 15) is 4.79 Å². The van der Waals surface area contributed by atoms with E-state index >= 15 is 0 Å². The lowest BCUT2D eigenvalue weighted by atomic mass is 10.2. The van der Waals surface area contributed by atoms with Gasteiger partial charge in [0, 0.05) is 13.3 Å². The largest absolute Gasteiger partial charge is 0.436 e. The zero-order valence-corrected chi connectivity index (χ0v) is 6.61. The van der Waals surface area contributed by atoms with Crippen molar-refractivity contribution in [3.8, 4) is 0 Å². The first-order valence-corrected chi connectivity index (χ1v) is 3.60. The van der Waals surface area contributed by atoms with Gasteiger partial charge in [0.05, 0.1) is 12.2 Å². The second kappa shape index (κ2) is 3.19. The van der Waals surface area contributed by atoms with E-state index in [0.29, 0.717) is 6.42 Å². The van der Waals surface area contributed by atoms with Crippen molar-refractivity contribution in [3.63, 3.8) is 0 Å². The summed E-state index contributed by atoms with van der Waals surface area (Å²) in [7, 11) is 0. The molecule has 3 atom stereocenters. The topological polar surface area (TPSA) is 55.8 Å². The Labute approximate surface area is 65.1 Å². The second-order valence-corrected chi connectivity index (χ2v) is 2.68. The maximum Gasteiger partial charge on any atom is 0.304 e. The highest BCUT2D eigenvalue weighted by atomic mass is 16.7. The van der Waals surface area contributed by atoms with Gasteiger partial charge in [-0.2, -0.15) is 0 Å². The predicted octanol–water partition coefficient (Wildman–Crippen LogP) is 0.0453. The first-order valence-electron chi connectivity index (χ1n) is 3.60. The normalized spacial score (nSPS) is 37.2. The summed E-state index contributed by atoms with van der Waals surface area (Å²) in [5, 5.41) is 9.16. The van der Waals surface area contributed by atoms with Crippen LogP contribution in [0, 0.1) is 0 Å². The molecule has 4 nitrogen and oxygen atoms in total. The first kappa shape index (κ1) is 8.49. The highest BCUT2D eigenvalue weighted by molar-refractivity contribution is 5.66. The molecule has 0 aromatic rings. The summed E-state index contributed by atoms with van der Waals surface area (Å²) in [6.45, 7) is 3.06. The van der Waals surface area contributed by atoms with E-state index in [-0.39, 0.29) is 12.1 Å². The number of ether oxygens (including phenoxy) is 2. The fourth-order valence-corrected chi connectivity index (χ4v) is 1.04. The van der Waals surface area contributed by atoms with Crippen LogP contribution in [0.15, 0.2) is 0 Å². The molecule has 64 valence electrons. The van der Waals surface area contributed by atoms with Gasteiger partial charge in [0.2, 0.25) is 6.29 Å². The highest BCUT2D eigenvalue weighted by Crippen LogP contribution is 2.20. The van der Waals surface area contributed by atoms with Gasteiger partial charge in [-0.25, -0.2) is 0 Å². The van der Waals surface area contributed by atoms with E-state index in [2.05, 4.69) is 0 Å². The van der Waals surface area contributed by atoms with Gasteiger partial charge in [0.25, 0.3) is 0 Å². The molecule has 0 aliphatic carbocycles. The van der Waals surface area contributed by atoms with Gasteiger partial charge >= 0.3 is 5.97 Å². The summed E-state index contributed by atoms with van der Waals surface area (Å²) < 4.78 is 9.82. The Morgan fingerprint density at radius 2 is 2.36 bits per heavy atom. The number of hydrogen-bond donors (Lipinski definition) is 1. The number of carbonyl (C=O) groups is 1. The predicted molar refractivity (Wildman–Crippen MR) is 36.7 cm³/mol. The summed E-state index contributed by atoms with van der Waals surface area (Å²) in [6, 6.07) is 0. The van der Waals surface area contributed by atoms with Gasteiger partial charge in [-0.3, -0.25) is 4.79 Å². The van der Waals surface area contributed by atoms with E-state index in [4.69, 9.17) is 14.6 Å². The van der Waals surface area contributed by atoms with Gasteiger partial charge in [-0.1, -0.05) is 0 Å². The van der Waals surface area contributed by atoms with Crippen LogP contribution in [0.25, 0.3) is 0 Å². The van der Waals surface area contributed by atoms with Crippen molar-refractivity contribution in [2.45, 2.75) is 38.8 Å². The fourth-order valence-electron chi connectivity index (χ4n) is 1.04. The van der Waals surface area contributed by atoms with Gasteiger partial charge in [-0.15, -0.1) is 0 Å². The molecule has 1 saturated heterocycles. The number of aliphatic hydroxyl groups excluding tert-OH is 1. The first-order chi connectivity index (χ1) is 5.09. The lowest BCUT2D eigenvalue weighted by Gasteiger charge is -2.09. The Morgan fingerprint density at radius 1 is 1.73 bits per heavy atom. The molecule has 0 bridgehead atoms. The maximum absolute atomic E-state index is 10.4. The minimum absolute atomic E-state index is 0.237. The Balaban J connectivity index is 2.35. The minimum atomic E-state index is -0.558. The van der Waals surface area contributed by atoms with Crippen LogP contribution < -0.4 is 0 Å². The zero-order valence-electron chi connectivity index (χ0n) is 6.61. The molecule has 11 heavy (non-hydrogen) atoms. The molecular formula is C7H12O4. The molecule has 1 heterocycles. The van der Waals surface area contributed by atoms with E-state index in [1.165, 1.54) is 6.92 Å². The van der Waals surface area contributed by atoms with Crippen LogP contribution in [0.4, 0.5) is 0 Å². The summed E-state index contributed by atoms with van der Waals surface area (Å²) >= 11 is 0. The molecule has 1 N–H and O–H groups in total. The standard InChI is InChI=1S/C7H12O4/c1-4-6(9)3-7(10-4)11-5(2)8/h4,6-7,9H,3H2,1-2H3. The summed E-state index contributed by atoms with van der Waals surface area (Å²) in [4.78, 5) is 10.4. The van der Waals surface area contributed by atoms with Crippen molar-refractivity contribution < 1.29 is 19.4 Å². The third-order valence-corrected chi connectivity index (χ3v) is 1.64. The van der Waals surface area contributed by atoms with Crippen LogP contribution in [0.5, 0.6) is 0 Å². The minimum Gasteiger partial charge on any atom is -0.436 e. The average molecular weight is 160 g/mol. The molecule has 1 aliphatic rings. The average Bonchev–Trinajstić information content (AvgIpc) is 2.10. The molecule has 0 radical (unpaired) electrons. The van der Waals surface area contributed by atoms with Crippen molar-refractivity contribution in [3.05, 3.63) is 0 Å². The molecule has 1 rings (SSSR count). The van der Waals surface area contributed by atoms with Gasteiger partial charge in [0.1, 0.15) is 0 Å². The van der Waals surface area contributed by atoms with Crippen LogP contribution in [0.2, 0.25) is 0 Å². The van der Waals surface area contributed by atoms with Crippen LogP contribution in [0.1, 0.15) is 20.3 Å². The van der Waals surface area contributed by atoms with E-state index in [1.807, 2.05) is 0 Å². The Hall–Kier alpha value is -0.610. The Morgan fingerprint density at radius 3 is 2.73 bits per heavy atom. The fraction of sp³-hybridized carbons (Fsp3) is 0.857. The lowest BCUT2D eigenvalue weighted by molar-refractivity contribution is -0.171. The smallest absolute Gasteiger partial charge is 0.304 e. The summed E-state index contributed by atoms with van der Waals surface area (Å²) in [5.41, 5.74) is 0. The second-order valence-electron chi connectivity index (χ2n) is 2.68. The molecule has 1 aliphatic heterocycles. The molecule has 1 fully saturated rings.